The minimum absolute atomic E-state index is 0.271. The number of Topliss-reactive ketones (excluding diaryl/α,β-unsaturated/α-hetero) is 1. The van der Waals surface area contributed by atoms with Crippen LogP contribution in [0.5, 0.6) is 0 Å². The van der Waals surface area contributed by atoms with E-state index in [2.05, 4.69) is 9.47 Å². The van der Waals surface area contributed by atoms with Gasteiger partial charge in [0, 0.05) is 12.0 Å². The number of hydrogen-bond donors (Lipinski definition) is 1. The third-order valence-electron chi connectivity index (χ3n) is 4.32. The van der Waals surface area contributed by atoms with Crippen LogP contribution >= 0.6 is 0 Å². The molecule has 0 bridgehead atoms. The minimum atomic E-state index is -1.94. The molecule has 2 aromatic carbocycles. The van der Waals surface area contributed by atoms with Crippen molar-refractivity contribution in [2.24, 2.45) is 5.92 Å². The van der Waals surface area contributed by atoms with Crippen molar-refractivity contribution in [3.05, 3.63) is 60.2 Å². The van der Waals surface area contributed by atoms with Gasteiger partial charge in [-0.2, -0.15) is 0 Å². The van der Waals surface area contributed by atoms with Gasteiger partial charge < -0.3 is 14.6 Å². The molecule has 142 valence electrons. The van der Waals surface area contributed by atoms with Crippen LogP contribution in [-0.2, 0) is 19.1 Å². The van der Waals surface area contributed by atoms with E-state index in [0.717, 1.165) is 25.3 Å². The summed E-state index contributed by atoms with van der Waals surface area (Å²) in [4.78, 5) is 36.3. The molecule has 27 heavy (non-hydrogen) atoms. The number of ether oxygens (including phenoxy) is 2. The fraction of sp³-hybridized carbons (Fsp3) is 0.286. The number of methoxy groups -OCH3 is 2. The van der Waals surface area contributed by atoms with E-state index in [4.69, 9.17) is 0 Å². The molecule has 0 saturated heterocycles. The van der Waals surface area contributed by atoms with Gasteiger partial charge in [-0.05, 0) is 18.1 Å². The molecule has 6 nitrogen and oxygen atoms in total. The summed E-state index contributed by atoms with van der Waals surface area (Å²) in [5.41, 5.74) is 0.253. The zero-order valence-electron chi connectivity index (χ0n) is 15.5. The van der Waals surface area contributed by atoms with Crippen molar-refractivity contribution >= 4 is 17.7 Å². The number of esters is 2. The topological polar surface area (TPSA) is 89.9 Å². The van der Waals surface area contributed by atoms with E-state index in [0.29, 0.717) is 0 Å². The highest BCUT2D eigenvalue weighted by Crippen LogP contribution is 2.26. The normalized spacial score (nSPS) is 12.9. The number of ketones is 1. The van der Waals surface area contributed by atoms with Gasteiger partial charge in [0.05, 0.1) is 14.2 Å². The van der Waals surface area contributed by atoms with E-state index in [1.807, 2.05) is 30.3 Å². The first-order valence-corrected chi connectivity index (χ1v) is 8.38. The van der Waals surface area contributed by atoms with Gasteiger partial charge >= 0.3 is 11.9 Å². The number of aliphatic hydroxyl groups is 1. The SMILES string of the molecule is COC(=O)C(CC(C)(O)C(=O)c1ccc(-c2ccccc2)cc1)C(=O)OC. The summed E-state index contributed by atoms with van der Waals surface area (Å²) in [5, 5.41) is 10.6. The maximum Gasteiger partial charge on any atom is 0.320 e. The average molecular weight is 370 g/mol. The van der Waals surface area contributed by atoms with Crippen LogP contribution in [0.3, 0.4) is 0 Å². The lowest BCUT2D eigenvalue weighted by atomic mass is 9.85. The number of benzene rings is 2. The third kappa shape index (κ3) is 4.80. The Labute approximate surface area is 157 Å². The highest BCUT2D eigenvalue weighted by molar-refractivity contribution is 6.03. The fourth-order valence-corrected chi connectivity index (χ4v) is 2.79. The Balaban J connectivity index is 2.21. The zero-order valence-corrected chi connectivity index (χ0v) is 15.5. The molecule has 0 aliphatic carbocycles. The lowest BCUT2D eigenvalue weighted by molar-refractivity contribution is -0.161. The molecule has 1 unspecified atom stereocenters. The summed E-state index contributed by atoms with van der Waals surface area (Å²) >= 11 is 0. The molecule has 0 amide bonds. The smallest absolute Gasteiger partial charge is 0.320 e. The van der Waals surface area contributed by atoms with Gasteiger partial charge in [0.1, 0.15) is 5.60 Å². The van der Waals surface area contributed by atoms with E-state index in [1.165, 1.54) is 6.92 Å². The quantitative estimate of drug-likeness (QED) is 0.458. The Hall–Kier alpha value is -2.99. The van der Waals surface area contributed by atoms with E-state index < -0.39 is 35.7 Å². The second-order valence-corrected chi connectivity index (χ2v) is 6.35. The zero-order chi connectivity index (χ0) is 20.0. The van der Waals surface area contributed by atoms with E-state index in [9.17, 15) is 19.5 Å². The van der Waals surface area contributed by atoms with Crippen LogP contribution in [0.15, 0.2) is 54.6 Å². The van der Waals surface area contributed by atoms with Gasteiger partial charge in [-0.25, -0.2) is 0 Å². The molecule has 0 radical (unpaired) electrons. The standard InChI is InChI=1S/C21H22O6/c1-21(25,13-17(19(23)26-2)20(24)27-3)18(22)16-11-9-15(10-12-16)14-7-5-4-6-8-14/h4-12,17,25H,13H2,1-3H3. The van der Waals surface area contributed by atoms with Crippen molar-refractivity contribution in [2.45, 2.75) is 18.9 Å². The molecule has 6 heteroatoms. The molecule has 0 aliphatic rings. The van der Waals surface area contributed by atoms with Crippen molar-refractivity contribution < 1.29 is 29.0 Å². The van der Waals surface area contributed by atoms with Crippen LogP contribution in [0.1, 0.15) is 23.7 Å². The minimum Gasteiger partial charge on any atom is -0.468 e. The highest BCUT2D eigenvalue weighted by atomic mass is 16.5. The first-order chi connectivity index (χ1) is 12.8. The Bertz CT molecular complexity index is 792. The lowest BCUT2D eigenvalue weighted by Gasteiger charge is -2.25. The molecule has 0 fully saturated rings. The molecule has 0 heterocycles. The molecule has 0 aliphatic heterocycles. The van der Waals surface area contributed by atoms with Gasteiger partial charge in [-0.15, -0.1) is 0 Å². The van der Waals surface area contributed by atoms with Gasteiger partial charge in [-0.3, -0.25) is 14.4 Å². The summed E-state index contributed by atoms with van der Waals surface area (Å²) in [6, 6.07) is 16.4. The molecule has 1 N–H and O–H groups in total. The monoisotopic (exact) mass is 370 g/mol. The summed E-state index contributed by atoms with van der Waals surface area (Å²) in [5.74, 6) is -3.72. The van der Waals surface area contributed by atoms with Crippen LogP contribution in [0, 0.1) is 5.92 Å². The fourth-order valence-electron chi connectivity index (χ4n) is 2.79. The van der Waals surface area contributed by atoms with Crippen molar-refractivity contribution in [3.63, 3.8) is 0 Å². The molecule has 0 aromatic heterocycles. The molecule has 0 saturated carbocycles. The van der Waals surface area contributed by atoms with Gasteiger partial charge in [0.25, 0.3) is 0 Å². The summed E-state index contributed by atoms with van der Waals surface area (Å²) in [6.45, 7) is 1.26. The largest absolute Gasteiger partial charge is 0.468 e. The maximum absolute atomic E-state index is 12.7. The Kier molecular flexibility index (Phi) is 6.47. The van der Waals surface area contributed by atoms with E-state index in [-0.39, 0.29) is 5.56 Å². The molecule has 2 rings (SSSR count). The number of carbonyl (C=O) groups is 3. The summed E-state index contributed by atoms with van der Waals surface area (Å²) in [7, 11) is 2.24. The van der Waals surface area contributed by atoms with Crippen LogP contribution in [0.2, 0.25) is 0 Å². The van der Waals surface area contributed by atoms with Crippen LogP contribution in [-0.4, -0.2) is 42.6 Å². The molecular formula is C21H22O6. The van der Waals surface area contributed by atoms with Gasteiger partial charge in [-0.1, -0.05) is 54.6 Å². The first kappa shape index (κ1) is 20.3. The summed E-state index contributed by atoms with van der Waals surface area (Å²) < 4.78 is 9.14. The molecule has 0 spiro atoms. The number of carbonyl (C=O) groups excluding carboxylic acids is 3. The van der Waals surface area contributed by atoms with Crippen LogP contribution in [0.4, 0.5) is 0 Å². The predicted octanol–water partition coefficient (Wildman–Crippen LogP) is 2.64. The van der Waals surface area contributed by atoms with Crippen molar-refractivity contribution in [2.75, 3.05) is 14.2 Å². The first-order valence-electron chi connectivity index (χ1n) is 8.38. The van der Waals surface area contributed by atoms with Gasteiger partial charge in [0.15, 0.2) is 11.7 Å². The Morgan fingerprint density at radius 3 is 1.85 bits per heavy atom. The maximum atomic E-state index is 12.7. The highest BCUT2D eigenvalue weighted by Gasteiger charge is 2.40. The second-order valence-electron chi connectivity index (χ2n) is 6.35. The second kappa shape index (κ2) is 8.60. The lowest BCUT2D eigenvalue weighted by Crippen LogP contribution is -2.41. The summed E-state index contributed by atoms with van der Waals surface area (Å²) in [6.07, 6.45) is -0.439. The average Bonchev–Trinajstić information content (AvgIpc) is 2.71. The van der Waals surface area contributed by atoms with Gasteiger partial charge in [0.2, 0.25) is 0 Å². The molecule has 2 aromatic rings. The molecular weight excluding hydrogens is 348 g/mol. The predicted molar refractivity (Wildman–Crippen MR) is 99.0 cm³/mol. The van der Waals surface area contributed by atoms with E-state index in [1.54, 1.807) is 24.3 Å². The Morgan fingerprint density at radius 1 is 0.889 bits per heavy atom. The third-order valence-corrected chi connectivity index (χ3v) is 4.32. The van der Waals surface area contributed by atoms with E-state index >= 15 is 0 Å². The van der Waals surface area contributed by atoms with Crippen LogP contribution in [0.25, 0.3) is 11.1 Å². The van der Waals surface area contributed by atoms with Crippen LogP contribution < -0.4 is 0 Å². The Morgan fingerprint density at radius 2 is 1.37 bits per heavy atom. The number of hydrogen-bond acceptors (Lipinski definition) is 6. The van der Waals surface area contributed by atoms with Crippen molar-refractivity contribution in [1.29, 1.82) is 0 Å². The van der Waals surface area contributed by atoms with Crippen molar-refractivity contribution in [3.8, 4) is 11.1 Å². The molecule has 1 atom stereocenters. The number of rotatable bonds is 7. The van der Waals surface area contributed by atoms with Crippen molar-refractivity contribution in [1.82, 2.24) is 0 Å².